The largest absolute Gasteiger partial charge is 0.378 e. The van der Waals surface area contributed by atoms with Gasteiger partial charge in [-0.2, -0.15) is 11.8 Å². The maximum atomic E-state index is 4.33. The van der Waals surface area contributed by atoms with Crippen LogP contribution in [0.25, 0.3) is 0 Å². The van der Waals surface area contributed by atoms with E-state index in [0.717, 1.165) is 19.0 Å². The van der Waals surface area contributed by atoms with E-state index in [2.05, 4.69) is 77.6 Å². The lowest BCUT2D eigenvalue weighted by atomic mass is 10.1. The number of benzene rings is 1. The Morgan fingerprint density at radius 1 is 1.36 bits per heavy atom. The molecule has 0 bridgehead atoms. The first kappa shape index (κ1) is 17.0. The Balaban J connectivity index is 1.84. The van der Waals surface area contributed by atoms with E-state index >= 15 is 0 Å². The minimum Gasteiger partial charge on any atom is -0.378 e. The molecule has 0 spiro atoms. The van der Waals surface area contributed by atoms with Crippen LogP contribution in [0, 0.1) is 0 Å². The zero-order valence-electron chi connectivity index (χ0n) is 14.1. The first-order valence-electron chi connectivity index (χ1n) is 7.87. The van der Waals surface area contributed by atoms with Gasteiger partial charge in [0.25, 0.3) is 0 Å². The van der Waals surface area contributed by atoms with E-state index in [1.807, 2.05) is 7.05 Å². The van der Waals surface area contributed by atoms with Crippen LogP contribution < -0.4 is 15.5 Å². The van der Waals surface area contributed by atoms with Crippen molar-refractivity contribution in [3.8, 4) is 0 Å². The first-order valence-corrected chi connectivity index (χ1v) is 8.86. The molecule has 2 rings (SSSR count). The number of aliphatic imine (C=N–C) groups is 1. The van der Waals surface area contributed by atoms with Gasteiger partial charge in [0.05, 0.1) is 0 Å². The fourth-order valence-corrected chi connectivity index (χ4v) is 3.84. The molecule has 1 atom stereocenters. The van der Waals surface area contributed by atoms with Crippen LogP contribution in [-0.4, -0.2) is 44.1 Å². The maximum Gasteiger partial charge on any atom is 0.191 e. The van der Waals surface area contributed by atoms with E-state index in [1.54, 1.807) is 0 Å². The SMILES string of the molecule is CN=C(NCc1cccc(N(C)C)c1)NCC1(C)CCCS1. The van der Waals surface area contributed by atoms with Crippen molar-refractivity contribution in [3.63, 3.8) is 0 Å². The van der Waals surface area contributed by atoms with Crippen LogP contribution in [0.3, 0.4) is 0 Å². The zero-order valence-corrected chi connectivity index (χ0v) is 15.0. The van der Waals surface area contributed by atoms with Gasteiger partial charge < -0.3 is 15.5 Å². The number of nitrogens with zero attached hydrogens (tertiary/aromatic N) is 2. The van der Waals surface area contributed by atoms with Crippen molar-refractivity contribution in [3.05, 3.63) is 29.8 Å². The molecule has 0 aromatic heterocycles. The Morgan fingerprint density at radius 2 is 2.18 bits per heavy atom. The number of hydrogen-bond acceptors (Lipinski definition) is 3. The van der Waals surface area contributed by atoms with Gasteiger partial charge in [-0.1, -0.05) is 12.1 Å². The summed E-state index contributed by atoms with van der Waals surface area (Å²) in [5.41, 5.74) is 2.48. The van der Waals surface area contributed by atoms with Gasteiger partial charge in [-0.05, 0) is 43.2 Å². The van der Waals surface area contributed by atoms with Crippen molar-refractivity contribution in [1.82, 2.24) is 10.6 Å². The van der Waals surface area contributed by atoms with E-state index in [1.165, 1.54) is 29.8 Å². The molecular formula is C17H28N4S. The summed E-state index contributed by atoms with van der Waals surface area (Å²) in [7, 11) is 5.95. The average molecular weight is 321 g/mol. The van der Waals surface area contributed by atoms with Gasteiger partial charge in [0.2, 0.25) is 0 Å². The van der Waals surface area contributed by atoms with Gasteiger partial charge in [-0.3, -0.25) is 4.99 Å². The second-order valence-electron chi connectivity index (χ2n) is 6.25. The van der Waals surface area contributed by atoms with Gasteiger partial charge in [-0.25, -0.2) is 0 Å². The predicted octanol–water partition coefficient (Wildman–Crippen LogP) is 2.70. The van der Waals surface area contributed by atoms with E-state index in [-0.39, 0.29) is 0 Å². The highest BCUT2D eigenvalue weighted by Crippen LogP contribution is 2.36. The van der Waals surface area contributed by atoms with Crippen LogP contribution in [-0.2, 0) is 6.54 Å². The van der Waals surface area contributed by atoms with E-state index in [0.29, 0.717) is 4.75 Å². The van der Waals surface area contributed by atoms with Gasteiger partial charge in [0.15, 0.2) is 5.96 Å². The molecule has 2 N–H and O–H groups in total. The Labute approximate surface area is 138 Å². The smallest absolute Gasteiger partial charge is 0.191 e. The summed E-state index contributed by atoms with van der Waals surface area (Å²) in [5.74, 6) is 2.16. The summed E-state index contributed by atoms with van der Waals surface area (Å²) in [4.78, 5) is 6.45. The molecule has 1 aliphatic rings. The number of guanidine groups is 1. The quantitative estimate of drug-likeness (QED) is 0.646. The standard InChI is InChI=1S/C17H28N4S/c1-17(9-6-10-22-17)13-20-16(18-2)19-12-14-7-5-8-15(11-14)21(3)4/h5,7-8,11H,6,9-10,12-13H2,1-4H3,(H2,18,19,20). The van der Waals surface area contributed by atoms with Crippen molar-refractivity contribution in [1.29, 1.82) is 0 Å². The predicted molar refractivity (Wildman–Crippen MR) is 99.1 cm³/mol. The lowest BCUT2D eigenvalue weighted by Crippen LogP contribution is -2.43. The molecule has 1 saturated heterocycles. The minimum atomic E-state index is 0.350. The zero-order chi connectivity index (χ0) is 16.0. The molecule has 4 nitrogen and oxygen atoms in total. The van der Waals surface area contributed by atoms with Crippen molar-refractivity contribution >= 4 is 23.4 Å². The lowest BCUT2D eigenvalue weighted by molar-refractivity contribution is 0.584. The molecule has 1 unspecified atom stereocenters. The second kappa shape index (κ2) is 7.77. The summed E-state index contributed by atoms with van der Waals surface area (Å²) in [5, 5.41) is 6.87. The topological polar surface area (TPSA) is 39.7 Å². The Hall–Kier alpha value is -1.36. The fraction of sp³-hybridized carbons (Fsp3) is 0.588. The molecule has 1 aromatic carbocycles. The highest BCUT2D eigenvalue weighted by molar-refractivity contribution is 8.00. The van der Waals surface area contributed by atoms with Crippen molar-refractivity contribution < 1.29 is 0 Å². The van der Waals surface area contributed by atoms with E-state index in [4.69, 9.17) is 0 Å². The monoisotopic (exact) mass is 320 g/mol. The molecule has 1 aromatic rings. The van der Waals surface area contributed by atoms with Gasteiger partial charge in [-0.15, -0.1) is 0 Å². The van der Waals surface area contributed by atoms with Crippen LogP contribution in [0.2, 0.25) is 0 Å². The normalized spacial score (nSPS) is 21.7. The Kier molecular flexibility index (Phi) is 6.00. The van der Waals surface area contributed by atoms with Crippen LogP contribution in [0.1, 0.15) is 25.3 Å². The lowest BCUT2D eigenvalue weighted by Gasteiger charge is -2.24. The van der Waals surface area contributed by atoms with Crippen LogP contribution in [0.15, 0.2) is 29.3 Å². The molecule has 1 heterocycles. The summed E-state index contributed by atoms with van der Waals surface area (Å²) < 4.78 is 0.350. The third kappa shape index (κ3) is 4.83. The third-order valence-electron chi connectivity index (χ3n) is 4.04. The van der Waals surface area contributed by atoms with Crippen LogP contribution >= 0.6 is 11.8 Å². The first-order chi connectivity index (χ1) is 10.5. The molecule has 22 heavy (non-hydrogen) atoms. The Morgan fingerprint density at radius 3 is 2.82 bits per heavy atom. The Bertz CT molecular complexity index is 507. The number of thioether (sulfide) groups is 1. The summed E-state index contributed by atoms with van der Waals surface area (Å²) in [6, 6.07) is 8.56. The highest BCUT2D eigenvalue weighted by atomic mass is 32.2. The molecule has 0 aliphatic carbocycles. The van der Waals surface area contributed by atoms with Gasteiger partial charge >= 0.3 is 0 Å². The molecule has 1 fully saturated rings. The third-order valence-corrected chi connectivity index (χ3v) is 5.58. The number of hydrogen-bond donors (Lipinski definition) is 2. The van der Waals surface area contributed by atoms with Gasteiger partial charge in [0, 0.05) is 44.7 Å². The van der Waals surface area contributed by atoms with E-state index < -0.39 is 0 Å². The summed E-state index contributed by atoms with van der Waals surface area (Å²) >= 11 is 2.07. The molecule has 0 amide bonds. The average Bonchev–Trinajstić information content (AvgIpc) is 2.95. The maximum absolute atomic E-state index is 4.33. The molecule has 0 radical (unpaired) electrons. The van der Waals surface area contributed by atoms with Crippen LogP contribution in [0.4, 0.5) is 5.69 Å². The number of rotatable bonds is 5. The molecular weight excluding hydrogens is 292 g/mol. The fourth-order valence-electron chi connectivity index (χ4n) is 2.60. The van der Waals surface area contributed by atoms with E-state index in [9.17, 15) is 0 Å². The molecule has 5 heteroatoms. The van der Waals surface area contributed by atoms with Gasteiger partial charge in [0.1, 0.15) is 0 Å². The highest BCUT2D eigenvalue weighted by Gasteiger charge is 2.29. The molecule has 0 saturated carbocycles. The summed E-state index contributed by atoms with van der Waals surface area (Å²) in [6.07, 6.45) is 2.61. The van der Waals surface area contributed by atoms with Crippen molar-refractivity contribution in [2.45, 2.75) is 31.1 Å². The minimum absolute atomic E-state index is 0.350. The van der Waals surface area contributed by atoms with Crippen molar-refractivity contribution in [2.75, 3.05) is 38.3 Å². The van der Waals surface area contributed by atoms with Crippen molar-refractivity contribution in [2.24, 2.45) is 4.99 Å². The molecule has 122 valence electrons. The van der Waals surface area contributed by atoms with Crippen LogP contribution in [0.5, 0.6) is 0 Å². The second-order valence-corrected chi connectivity index (χ2v) is 7.93. The summed E-state index contributed by atoms with van der Waals surface area (Å²) in [6.45, 7) is 4.09. The number of anilines is 1. The number of nitrogens with one attached hydrogen (secondary N) is 2. The molecule has 1 aliphatic heterocycles.